The summed E-state index contributed by atoms with van der Waals surface area (Å²) in [6, 6.07) is 125. The Hall–Kier alpha value is -15.5. The molecule has 0 N–H and O–H groups in total. The zero-order chi connectivity index (χ0) is 77.7. The molecule has 14 heteroatoms. The molecule has 15 aromatic carbocycles. The molecule has 0 saturated carbocycles. The molecule has 0 unspecified atom stereocenters. The van der Waals surface area contributed by atoms with Crippen LogP contribution in [0.5, 0.6) is 0 Å². The van der Waals surface area contributed by atoms with Crippen LogP contribution in [-0.4, -0.2) is 49.8 Å². The van der Waals surface area contributed by atoms with Crippen LogP contribution in [0, 0.1) is 0 Å². The van der Waals surface area contributed by atoms with Crippen molar-refractivity contribution in [3.63, 3.8) is 0 Å². The average Bonchev–Trinajstić information content (AvgIpc) is 1.55. The minimum Gasteiger partial charge on any atom is -0.456 e. The van der Waals surface area contributed by atoms with E-state index in [-0.39, 0.29) is 0 Å². The number of rotatable bonds is 14. The van der Waals surface area contributed by atoms with E-state index in [1.54, 1.807) is 22.7 Å². The predicted molar refractivity (Wildman–Crippen MR) is 481 cm³/mol. The lowest BCUT2D eigenvalue weighted by Gasteiger charge is -2.11. The van der Waals surface area contributed by atoms with E-state index >= 15 is 0 Å². The number of hydrogen-bond donors (Lipinski definition) is 0. The van der Waals surface area contributed by atoms with Crippen molar-refractivity contribution in [2.45, 2.75) is 0 Å². The highest BCUT2D eigenvalue weighted by Gasteiger charge is 2.25. The largest absolute Gasteiger partial charge is 0.456 e. The van der Waals surface area contributed by atoms with E-state index < -0.39 is 0 Å². The molecule has 550 valence electrons. The average molecular weight is 1550 g/mol. The molecule has 0 aliphatic rings. The lowest BCUT2D eigenvalue weighted by Crippen LogP contribution is -2.00. The molecule has 0 saturated heterocycles. The Morgan fingerprint density at radius 3 is 0.949 bits per heavy atom. The molecule has 0 aliphatic heterocycles. The van der Waals surface area contributed by atoms with Gasteiger partial charge in [-0.1, -0.05) is 297 Å². The molecule has 8 heterocycles. The van der Waals surface area contributed by atoms with E-state index in [1.165, 1.54) is 0 Å². The third-order valence-corrected chi connectivity index (χ3v) is 24.4. The first-order valence-corrected chi connectivity index (χ1v) is 40.6. The summed E-state index contributed by atoms with van der Waals surface area (Å²) >= 11 is 3.45. The van der Waals surface area contributed by atoms with E-state index in [2.05, 4.69) is 243 Å². The van der Waals surface area contributed by atoms with Gasteiger partial charge in [0.1, 0.15) is 22.3 Å². The summed E-state index contributed by atoms with van der Waals surface area (Å²) in [5, 5.41) is 5.99. The maximum absolute atomic E-state index is 6.74. The van der Waals surface area contributed by atoms with Crippen LogP contribution < -0.4 is 0 Å². The number of fused-ring (bicyclic) bond motifs is 12. The van der Waals surface area contributed by atoms with Crippen molar-refractivity contribution in [1.29, 1.82) is 0 Å². The Labute approximate surface area is 683 Å². The Morgan fingerprint density at radius 2 is 0.475 bits per heavy atom. The standard InChI is InChI=1S/C104H60N10O2S2/c1-5-22-61(23-6-1)70-31-18-35-76(57-70)102-110-100(67-28-11-4-12-29-67)113-104(114-102)82-39-21-40-83-89(82)77-54-52-72(59-85(77)115-83)63-46-50-68(51-47-63)97-105-91(95-93(107-97)79-36-13-15-42-87(79)117-95)64-48-44-62(45-49-64)69-30-17-33-74(56-69)92-96-94(80-37-14-16-43-88(80)118-96)108-101(106-92)75-34-19-32-71(58-75)73-53-55-78-86(60-73)116-84-41-20-38-81(90(78)84)103-111-98(65-24-7-2-8-25-65)109-99(112-103)66-26-9-3-10-27-66/h1-60H. The predicted octanol–water partition coefficient (Wildman–Crippen LogP) is 27.5. The molecule has 23 aromatic rings. The smallest absolute Gasteiger partial charge is 0.164 e. The van der Waals surface area contributed by atoms with Gasteiger partial charge in [-0.3, -0.25) is 0 Å². The van der Waals surface area contributed by atoms with Crippen LogP contribution in [0.1, 0.15) is 0 Å². The minimum atomic E-state index is 0.562. The van der Waals surface area contributed by atoms with Crippen LogP contribution in [0.15, 0.2) is 373 Å². The number of aromatic nitrogens is 10. The maximum Gasteiger partial charge on any atom is 0.164 e. The molecule has 0 atom stereocenters. The Kier molecular flexibility index (Phi) is 16.3. The Balaban J connectivity index is 0.549. The van der Waals surface area contributed by atoms with Crippen molar-refractivity contribution in [2.24, 2.45) is 0 Å². The van der Waals surface area contributed by atoms with E-state index in [1.807, 2.05) is 121 Å². The fraction of sp³-hybridized carbons (Fsp3) is 0. The number of nitrogens with zero attached hydrogens (tertiary/aromatic N) is 10. The fourth-order valence-corrected chi connectivity index (χ4v) is 18.6. The molecule has 23 rings (SSSR count). The van der Waals surface area contributed by atoms with Crippen LogP contribution in [0.2, 0.25) is 0 Å². The van der Waals surface area contributed by atoms with Crippen LogP contribution in [0.25, 0.3) is 243 Å². The van der Waals surface area contributed by atoms with Crippen LogP contribution in [0.4, 0.5) is 0 Å². The quantitative estimate of drug-likeness (QED) is 0.102. The molecule has 0 aliphatic carbocycles. The highest BCUT2D eigenvalue weighted by molar-refractivity contribution is 7.26. The SMILES string of the molecule is c1ccc(-c2cccc(-c3nc(-c4ccccc4)nc(-c4cccc5oc6cc(-c7ccc(-c8nc(-c9ccc(-c%10cccc(-c%11nc(-c%12cccc(-c%13ccc%14c(c%13)oc%13cccc(-c%15nc(-c%16ccccc%16)nc(-c%16ccccc%16)n%15)c%13%14)c%12)nc%12c%11sc%11ccccc%11%12)c%10)cc9)c9sc%10ccccc%10c9n8)cc7)ccc6c45)n3)c2)cc1. The molecular weight excluding hydrogens is 1490 g/mol. The molecule has 0 radical (unpaired) electrons. The first-order valence-electron chi connectivity index (χ1n) is 39.0. The summed E-state index contributed by atoms with van der Waals surface area (Å²) in [4.78, 5) is 52.4. The zero-order valence-corrected chi connectivity index (χ0v) is 64.4. The topological polar surface area (TPSA) is 155 Å². The van der Waals surface area contributed by atoms with Gasteiger partial charge in [-0.2, -0.15) is 0 Å². The monoisotopic (exact) mass is 1540 g/mol. The van der Waals surface area contributed by atoms with Gasteiger partial charge >= 0.3 is 0 Å². The molecule has 0 fully saturated rings. The van der Waals surface area contributed by atoms with E-state index in [0.29, 0.717) is 46.6 Å². The van der Waals surface area contributed by atoms with Crippen molar-refractivity contribution in [3.05, 3.63) is 364 Å². The second kappa shape index (κ2) is 28.3. The number of hydrogen-bond acceptors (Lipinski definition) is 14. The van der Waals surface area contributed by atoms with Gasteiger partial charge in [-0.25, -0.2) is 49.8 Å². The molecule has 8 aromatic heterocycles. The van der Waals surface area contributed by atoms with Gasteiger partial charge < -0.3 is 8.83 Å². The van der Waals surface area contributed by atoms with Crippen molar-refractivity contribution in [3.8, 4) is 158 Å². The Bertz CT molecular complexity index is 7870. The van der Waals surface area contributed by atoms with Gasteiger partial charge in [0.15, 0.2) is 46.6 Å². The maximum atomic E-state index is 6.74. The van der Waals surface area contributed by atoms with Gasteiger partial charge in [-0.05, 0) is 111 Å². The third-order valence-electron chi connectivity index (χ3n) is 22.1. The van der Waals surface area contributed by atoms with Crippen LogP contribution >= 0.6 is 22.7 Å². The normalized spacial score (nSPS) is 11.7. The summed E-state index contributed by atoms with van der Waals surface area (Å²) in [5.74, 6) is 4.79. The van der Waals surface area contributed by atoms with Crippen molar-refractivity contribution < 1.29 is 8.83 Å². The number of furan rings is 2. The number of benzene rings is 15. The van der Waals surface area contributed by atoms with E-state index in [0.717, 1.165) is 196 Å². The first kappa shape index (κ1) is 68.1. The lowest BCUT2D eigenvalue weighted by molar-refractivity contribution is 0.668. The summed E-state index contributed by atoms with van der Waals surface area (Å²) in [5.41, 5.74) is 24.1. The van der Waals surface area contributed by atoms with E-state index in [4.69, 9.17) is 58.7 Å². The van der Waals surface area contributed by atoms with E-state index in [9.17, 15) is 0 Å². The second-order valence-corrected chi connectivity index (χ2v) is 31.4. The van der Waals surface area contributed by atoms with Crippen molar-refractivity contribution in [1.82, 2.24) is 49.8 Å². The van der Waals surface area contributed by atoms with Crippen LogP contribution in [-0.2, 0) is 0 Å². The van der Waals surface area contributed by atoms with Gasteiger partial charge in [0.25, 0.3) is 0 Å². The highest BCUT2D eigenvalue weighted by atomic mass is 32.1. The zero-order valence-electron chi connectivity index (χ0n) is 62.7. The Morgan fingerprint density at radius 1 is 0.178 bits per heavy atom. The summed E-state index contributed by atoms with van der Waals surface area (Å²) < 4.78 is 17.8. The van der Waals surface area contributed by atoms with Gasteiger partial charge in [0.05, 0.1) is 31.8 Å². The molecule has 12 nitrogen and oxygen atoms in total. The first-order chi connectivity index (χ1) is 58.4. The van der Waals surface area contributed by atoms with Gasteiger partial charge in [0, 0.05) is 97.4 Å². The highest BCUT2D eigenvalue weighted by Crippen LogP contribution is 2.46. The molecule has 0 bridgehead atoms. The second-order valence-electron chi connectivity index (χ2n) is 29.3. The van der Waals surface area contributed by atoms with Crippen molar-refractivity contribution >= 4 is 107 Å². The molecule has 0 amide bonds. The fourth-order valence-electron chi connectivity index (χ4n) is 16.3. The summed E-state index contributed by atoms with van der Waals surface area (Å²) in [6.07, 6.45) is 0. The van der Waals surface area contributed by atoms with Crippen molar-refractivity contribution in [2.75, 3.05) is 0 Å². The third kappa shape index (κ3) is 12.1. The number of thiophene rings is 2. The summed E-state index contributed by atoms with van der Waals surface area (Å²) in [6.45, 7) is 0. The van der Waals surface area contributed by atoms with Gasteiger partial charge in [0.2, 0.25) is 0 Å². The molecular formula is C104H60N10O2S2. The van der Waals surface area contributed by atoms with Gasteiger partial charge in [-0.15, -0.1) is 22.7 Å². The van der Waals surface area contributed by atoms with Crippen LogP contribution in [0.3, 0.4) is 0 Å². The molecule has 0 spiro atoms. The minimum absolute atomic E-state index is 0.562. The molecule has 118 heavy (non-hydrogen) atoms. The lowest BCUT2D eigenvalue weighted by atomic mass is 9.99. The summed E-state index contributed by atoms with van der Waals surface area (Å²) in [7, 11) is 0.